The van der Waals surface area contributed by atoms with E-state index < -0.39 is 11.1 Å². The molecule has 0 unspecified atom stereocenters. The maximum absolute atomic E-state index is 11.4. The van der Waals surface area contributed by atoms with E-state index >= 15 is 0 Å². The lowest BCUT2D eigenvalue weighted by molar-refractivity contribution is 0.0999. The van der Waals surface area contributed by atoms with E-state index in [1.54, 1.807) is 24.3 Å². The van der Waals surface area contributed by atoms with Gasteiger partial charge in [0.15, 0.2) is 11.5 Å². The Bertz CT molecular complexity index is 1200. The van der Waals surface area contributed by atoms with Crippen LogP contribution in [-0.2, 0) is 0 Å². The minimum atomic E-state index is -0.706. The van der Waals surface area contributed by atoms with Crippen LogP contribution in [0.25, 0.3) is 33.1 Å². The number of aromatic nitrogens is 2. The largest absolute Gasteiger partial charge is 0.356 e. The van der Waals surface area contributed by atoms with Crippen LogP contribution in [0.2, 0.25) is 0 Å². The molecule has 0 aliphatic rings. The van der Waals surface area contributed by atoms with Gasteiger partial charge in [0.2, 0.25) is 0 Å². The molecule has 2 aromatic heterocycles. The maximum atomic E-state index is 11.4. The molecule has 4 aromatic rings. The summed E-state index contributed by atoms with van der Waals surface area (Å²) in [7, 11) is 0. The van der Waals surface area contributed by atoms with Crippen molar-refractivity contribution in [3.05, 3.63) is 94.6 Å². The fourth-order valence-electron chi connectivity index (χ4n) is 2.46. The number of rotatable bonds is 4. The van der Waals surface area contributed by atoms with E-state index in [0.29, 0.717) is 17.1 Å². The van der Waals surface area contributed by atoms with Gasteiger partial charge in [-0.25, -0.2) is 0 Å². The molecule has 0 saturated heterocycles. The SMILES string of the molecule is O=C(Cl)c1cnoc1-c1ccccc1.[N-]=[N+]=NC(=O)c1cnoc1-c1ccccc1. The van der Waals surface area contributed by atoms with E-state index in [4.69, 9.17) is 26.2 Å². The predicted molar refractivity (Wildman–Crippen MR) is 108 cm³/mol. The Kier molecular flexibility index (Phi) is 6.73. The summed E-state index contributed by atoms with van der Waals surface area (Å²) in [6, 6.07) is 18.2. The zero-order chi connectivity index (χ0) is 21.3. The van der Waals surface area contributed by atoms with Crippen LogP contribution in [0.15, 0.2) is 87.2 Å². The van der Waals surface area contributed by atoms with Crippen molar-refractivity contribution in [1.82, 2.24) is 10.3 Å². The summed E-state index contributed by atoms with van der Waals surface area (Å²) in [5, 5.41) is 9.49. The van der Waals surface area contributed by atoms with Gasteiger partial charge in [0.05, 0.1) is 18.0 Å². The lowest BCUT2D eigenvalue weighted by Crippen LogP contribution is -1.93. The van der Waals surface area contributed by atoms with Gasteiger partial charge in [-0.2, -0.15) is 0 Å². The van der Waals surface area contributed by atoms with Crippen LogP contribution in [0.1, 0.15) is 20.7 Å². The van der Waals surface area contributed by atoms with Gasteiger partial charge in [0, 0.05) is 16.0 Å². The number of azide groups is 1. The average molecular weight is 422 g/mol. The van der Waals surface area contributed by atoms with Gasteiger partial charge < -0.3 is 9.05 Å². The predicted octanol–water partition coefficient (Wildman–Crippen LogP) is 5.51. The Hall–Kier alpha value is -4.20. The van der Waals surface area contributed by atoms with Crippen molar-refractivity contribution in [3.63, 3.8) is 0 Å². The molecule has 0 aliphatic heterocycles. The molecule has 0 saturated carbocycles. The van der Waals surface area contributed by atoms with Gasteiger partial charge in [-0.05, 0) is 22.2 Å². The summed E-state index contributed by atoms with van der Waals surface area (Å²) in [6.45, 7) is 0. The highest BCUT2D eigenvalue weighted by Crippen LogP contribution is 2.24. The van der Waals surface area contributed by atoms with Gasteiger partial charge >= 0.3 is 0 Å². The van der Waals surface area contributed by atoms with E-state index in [9.17, 15) is 9.59 Å². The zero-order valence-corrected chi connectivity index (χ0v) is 15.9. The highest BCUT2D eigenvalue weighted by atomic mass is 35.5. The van der Waals surface area contributed by atoms with Crippen LogP contribution in [0.3, 0.4) is 0 Å². The molecule has 30 heavy (non-hydrogen) atoms. The average Bonchev–Trinajstić information content (AvgIpc) is 3.46. The van der Waals surface area contributed by atoms with Crippen LogP contribution in [-0.4, -0.2) is 21.5 Å². The molecular weight excluding hydrogens is 410 g/mol. The lowest BCUT2D eigenvalue weighted by Gasteiger charge is -1.96. The van der Waals surface area contributed by atoms with Crippen molar-refractivity contribution in [2.24, 2.45) is 5.11 Å². The van der Waals surface area contributed by atoms with Crippen molar-refractivity contribution in [3.8, 4) is 22.6 Å². The molecule has 148 valence electrons. The Balaban J connectivity index is 0.000000172. The number of hydrogen-bond donors (Lipinski definition) is 0. The lowest BCUT2D eigenvalue weighted by atomic mass is 10.1. The van der Waals surface area contributed by atoms with E-state index in [2.05, 4.69) is 20.3 Å². The van der Waals surface area contributed by atoms with Crippen LogP contribution in [0, 0.1) is 0 Å². The van der Waals surface area contributed by atoms with Crippen molar-refractivity contribution in [2.45, 2.75) is 0 Å². The number of benzene rings is 2. The monoisotopic (exact) mass is 421 g/mol. The topological polar surface area (TPSA) is 135 Å². The fraction of sp³-hybridized carbons (Fsp3) is 0. The first-order chi connectivity index (χ1) is 14.6. The maximum Gasteiger partial charge on any atom is 0.257 e. The summed E-state index contributed by atoms with van der Waals surface area (Å²) >= 11 is 5.36. The second-order valence-corrected chi connectivity index (χ2v) is 5.98. The molecule has 10 heteroatoms. The fourth-order valence-corrected chi connectivity index (χ4v) is 2.60. The minimum Gasteiger partial charge on any atom is -0.356 e. The van der Waals surface area contributed by atoms with Crippen LogP contribution in [0.5, 0.6) is 0 Å². The molecule has 0 fully saturated rings. The molecule has 0 radical (unpaired) electrons. The summed E-state index contributed by atoms with van der Waals surface area (Å²) < 4.78 is 9.92. The molecule has 0 atom stereocenters. The van der Waals surface area contributed by atoms with Crippen molar-refractivity contribution >= 4 is 22.8 Å². The van der Waals surface area contributed by atoms with E-state index in [0.717, 1.165) is 5.56 Å². The number of carbonyl (C=O) groups excluding carboxylic acids is 2. The van der Waals surface area contributed by atoms with Crippen molar-refractivity contribution < 1.29 is 18.6 Å². The first kappa shape index (κ1) is 20.5. The number of hydrogen-bond acceptors (Lipinski definition) is 6. The summed E-state index contributed by atoms with van der Waals surface area (Å²) in [5.41, 5.74) is 10.1. The summed E-state index contributed by atoms with van der Waals surface area (Å²) in [5.74, 6) is 0.00574. The Labute approximate surface area is 174 Å². The van der Waals surface area contributed by atoms with Crippen LogP contribution < -0.4 is 0 Å². The molecular formula is C20H12ClN5O4. The number of amides is 1. The second kappa shape index (κ2) is 9.83. The third-order valence-electron chi connectivity index (χ3n) is 3.79. The molecule has 0 spiro atoms. The smallest absolute Gasteiger partial charge is 0.257 e. The Morgan fingerprint density at radius 3 is 1.77 bits per heavy atom. The first-order valence-corrected chi connectivity index (χ1v) is 8.79. The molecule has 2 heterocycles. The molecule has 4 rings (SSSR count). The standard InChI is InChI=1S/C10H6ClNO2.C10H6N4O2/c11-10(13)8-6-12-14-9(8)7-4-2-1-3-5-7;11-14-13-10(15)8-6-12-16-9(8)7-4-2-1-3-5-7/h1-6H;1-6H. The Morgan fingerprint density at radius 2 is 1.30 bits per heavy atom. The molecule has 0 aliphatic carbocycles. The highest BCUT2D eigenvalue weighted by Gasteiger charge is 2.16. The molecule has 2 aromatic carbocycles. The van der Waals surface area contributed by atoms with Gasteiger partial charge in [-0.1, -0.05) is 71.0 Å². The second-order valence-electron chi connectivity index (χ2n) is 5.64. The molecule has 1 amide bonds. The third kappa shape index (κ3) is 4.79. The third-order valence-corrected chi connectivity index (χ3v) is 3.99. The quantitative estimate of drug-likeness (QED) is 0.184. The van der Waals surface area contributed by atoms with E-state index in [-0.39, 0.29) is 11.1 Å². The number of nitrogens with zero attached hydrogens (tertiary/aromatic N) is 5. The Morgan fingerprint density at radius 1 is 0.833 bits per heavy atom. The van der Waals surface area contributed by atoms with Crippen molar-refractivity contribution in [1.29, 1.82) is 0 Å². The zero-order valence-electron chi connectivity index (χ0n) is 15.2. The molecule has 0 N–H and O–H groups in total. The normalized spacial score (nSPS) is 9.77. The van der Waals surface area contributed by atoms with Crippen LogP contribution in [0.4, 0.5) is 0 Å². The van der Waals surface area contributed by atoms with Gasteiger partial charge in [-0.3, -0.25) is 9.59 Å². The minimum absolute atomic E-state index is 0.156. The highest BCUT2D eigenvalue weighted by molar-refractivity contribution is 6.68. The summed E-state index contributed by atoms with van der Waals surface area (Å²) in [4.78, 5) is 24.8. The van der Waals surface area contributed by atoms with Crippen LogP contribution >= 0.6 is 11.6 Å². The van der Waals surface area contributed by atoms with Crippen molar-refractivity contribution in [2.75, 3.05) is 0 Å². The molecule has 0 bridgehead atoms. The van der Waals surface area contributed by atoms with Gasteiger partial charge in [0.1, 0.15) is 5.56 Å². The van der Waals surface area contributed by atoms with E-state index in [1.165, 1.54) is 12.4 Å². The number of halogens is 1. The first-order valence-electron chi connectivity index (χ1n) is 8.41. The van der Waals surface area contributed by atoms with Gasteiger partial charge in [-0.15, -0.1) is 0 Å². The summed E-state index contributed by atoms with van der Waals surface area (Å²) in [6.07, 6.45) is 2.55. The number of carbonyl (C=O) groups is 2. The van der Waals surface area contributed by atoms with E-state index in [1.807, 2.05) is 36.4 Å². The van der Waals surface area contributed by atoms with Gasteiger partial charge in [0.25, 0.3) is 11.1 Å². The molecule has 9 nitrogen and oxygen atoms in total.